The summed E-state index contributed by atoms with van der Waals surface area (Å²) in [5, 5.41) is 11.6. The van der Waals surface area contributed by atoms with E-state index in [4.69, 9.17) is 9.47 Å². The van der Waals surface area contributed by atoms with Gasteiger partial charge in [-0.1, -0.05) is 0 Å². The Morgan fingerprint density at radius 2 is 1.76 bits per heavy atom. The normalized spacial score (nSPS) is 12.0. The minimum atomic E-state index is -0.0138. The van der Waals surface area contributed by atoms with Crippen LogP contribution >= 0.6 is 0 Å². The number of nitrogens with zero attached hydrogens (tertiary/aromatic N) is 2. The van der Waals surface area contributed by atoms with Gasteiger partial charge in [0, 0.05) is 11.6 Å². The summed E-state index contributed by atoms with van der Waals surface area (Å²) in [5.41, 5.74) is 3.92. The Hall–Kier alpha value is -2.14. The highest BCUT2D eigenvalue weighted by molar-refractivity contribution is 5.46. The van der Waals surface area contributed by atoms with Crippen LogP contribution in [0.15, 0.2) is 24.3 Å². The number of nitrogens with one attached hydrogen (secondary N) is 1. The smallest absolute Gasteiger partial charge is 0.127 e. The van der Waals surface area contributed by atoms with Gasteiger partial charge in [-0.2, -0.15) is 10.2 Å². The van der Waals surface area contributed by atoms with Gasteiger partial charge >= 0.3 is 0 Å². The van der Waals surface area contributed by atoms with Crippen LogP contribution in [-0.2, 0) is 0 Å². The minimum absolute atomic E-state index is 0.0138. The van der Waals surface area contributed by atoms with Gasteiger partial charge in [-0.3, -0.25) is 0 Å². The molecule has 1 unspecified atom stereocenters. The number of rotatable bonds is 5. The van der Waals surface area contributed by atoms with Gasteiger partial charge < -0.3 is 14.8 Å². The van der Waals surface area contributed by atoms with Gasteiger partial charge in [0.1, 0.15) is 11.5 Å². The molecular formula is C16H21N3O2. The fourth-order valence-electron chi connectivity index (χ4n) is 2.40. The molecule has 1 aromatic heterocycles. The molecule has 0 spiro atoms. The Labute approximate surface area is 125 Å². The molecule has 0 fully saturated rings. The molecule has 0 saturated heterocycles. The lowest BCUT2D eigenvalue weighted by Crippen LogP contribution is -2.20. The van der Waals surface area contributed by atoms with Crippen LogP contribution in [-0.4, -0.2) is 31.5 Å². The molecule has 5 nitrogen and oxygen atoms in total. The van der Waals surface area contributed by atoms with Crippen LogP contribution in [0, 0.1) is 13.8 Å². The van der Waals surface area contributed by atoms with Crippen molar-refractivity contribution in [2.45, 2.75) is 19.9 Å². The number of ether oxygens (including phenoxy) is 2. The van der Waals surface area contributed by atoms with Crippen LogP contribution in [0.5, 0.6) is 11.5 Å². The second-order valence-electron chi connectivity index (χ2n) is 4.86. The third-order valence-corrected chi connectivity index (χ3v) is 3.49. The molecule has 0 saturated carbocycles. The second-order valence-corrected chi connectivity index (χ2v) is 4.86. The van der Waals surface area contributed by atoms with E-state index in [-0.39, 0.29) is 6.04 Å². The summed E-state index contributed by atoms with van der Waals surface area (Å²) in [4.78, 5) is 0. The van der Waals surface area contributed by atoms with E-state index in [0.717, 1.165) is 34.0 Å². The molecule has 1 aromatic carbocycles. The minimum Gasteiger partial charge on any atom is -0.497 e. The van der Waals surface area contributed by atoms with Crippen molar-refractivity contribution in [3.8, 4) is 11.5 Å². The lowest BCUT2D eigenvalue weighted by molar-refractivity contribution is 0.388. The van der Waals surface area contributed by atoms with Gasteiger partial charge in [0.25, 0.3) is 0 Å². The predicted molar refractivity (Wildman–Crippen MR) is 82.0 cm³/mol. The Morgan fingerprint density at radius 1 is 1.00 bits per heavy atom. The maximum atomic E-state index is 5.51. The summed E-state index contributed by atoms with van der Waals surface area (Å²) in [6, 6.07) is 7.86. The van der Waals surface area contributed by atoms with Gasteiger partial charge in [-0.25, -0.2) is 0 Å². The van der Waals surface area contributed by atoms with Crippen molar-refractivity contribution in [3.63, 3.8) is 0 Å². The summed E-state index contributed by atoms with van der Waals surface area (Å²) in [6.45, 7) is 3.90. The molecule has 0 radical (unpaired) electrons. The zero-order valence-corrected chi connectivity index (χ0v) is 13.1. The SMILES string of the molecule is CNC(c1ccc(OC)cc1OC)c1cc(C)nnc1C. The van der Waals surface area contributed by atoms with E-state index in [0.29, 0.717) is 0 Å². The molecule has 1 N–H and O–H groups in total. The number of aromatic nitrogens is 2. The quantitative estimate of drug-likeness (QED) is 0.915. The molecule has 1 atom stereocenters. The first-order valence-electron chi connectivity index (χ1n) is 6.80. The van der Waals surface area contributed by atoms with Crippen molar-refractivity contribution >= 4 is 0 Å². The highest BCUT2D eigenvalue weighted by Gasteiger charge is 2.20. The van der Waals surface area contributed by atoms with Crippen LogP contribution < -0.4 is 14.8 Å². The molecule has 0 aliphatic heterocycles. The van der Waals surface area contributed by atoms with E-state index < -0.39 is 0 Å². The lowest BCUT2D eigenvalue weighted by Gasteiger charge is -2.21. The molecule has 0 aliphatic rings. The first-order valence-corrected chi connectivity index (χ1v) is 6.80. The largest absolute Gasteiger partial charge is 0.497 e. The second kappa shape index (κ2) is 6.54. The zero-order chi connectivity index (χ0) is 15.4. The van der Waals surface area contributed by atoms with Crippen LogP contribution in [0.25, 0.3) is 0 Å². The molecule has 0 aliphatic carbocycles. The predicted octanol–water partition coefficient (Wildman–Crippen LogP) is 2.42. The molecule has 0 bridgehead atoms. The number of benzene rings is 1. The van der Waals surface area contributed by atoms with Crippen molar-refractivity contribution in [2.24, 2.45) is 0 Å². The monoisotopic (exact) mass is 287 g/mol. The average Bonchev–Trinajstić information content (AvgIpc) is 2.51. The summed E-state index contributed by atoms with van der Waals surface area (Å²) in [6.07, 6.45) is 0. The molecular weight excluding hydrogens is 266 g/mol. The Kier molecular flexibility index (Phi) is 4.75. The molecule has 5 heteroatoms. The first kappa shape index (κ1) is 15.3. The fourth-order valence-corrected chi connectivity index (χ4v) is 2.40. The summed E-state index contributed by atoms with van der Waals surface area (Å²) < 4.78 is 10.8. The van der Waals surface area contributed by atoms with Gasteiger partial charge in [-0.15, -0.1) is 0 Å². The maximum Gasteiger partial charge on any atom is 0.127 e. The maximum absolute atomic E-state index is 5.51. The lowest BCUT2D eigenvalue weighted by atomic mass is 9.96. The Morgan fingerprint density at radius 3 is 2.38 bits per heavy atom. The standard InChI is InChI=1S/C16H21N3O2/c1-10-8-14(11(2)19-18-10)16(17-3)13-7-6-12(20-4)9-15(13)21-5/h6-9,16-17H,1-5H3. The third kappa shape index (κ3) is 3.13. The first-order chi connectivity index (χ1) is 10.1. The van der Waals surface area contributed by atoms with Gasteiger partial charge in [0.05, 0.1) is 31.6 Å². The van der Waals surface area contributed by atoms with Crippen molar-refractivity contribution in [2.75, 3.05) is 21.3 Å². The van der Waals surface area contributed by atoms with Crippen LogP contribution in [0.3, 0.4) is 0 Å². The summed E-state index contributed by atoms with van der Waals surface area (Å²) >= 11 is 0. The van der Waals surface area contributed by atoms with Gasteiger partial charge in [0.15, 0.2) is 0 Å². The van der Waals surface area contributed by atoms with E-state index in [2.05, 4.69) is 15.5 Å². The number of hydrogen-bond donors (Lipinski definition) is 1. The van der Waals surface area contributed by atoms with E-state index in [1.54, 1.807) is 14.2 Å². The van der Waals surface area contributed by atoms with E-state index in [1.165, 1.54) is 0 Å². The molecule has 2 aromatic rings. The van der Waals surface area contributed by atoms with E-state index in [9.17, 15) is 0 Å². The van der Waals surface area contributed by atoms with Crippen molar-refractivity contribution < 1.29 is 9.47 Å². The molecule has 112 valence electrons. The van der Waals surface area contributed by atoms with E-state index in [1.807, 2.05) is 45.2 Å². The highest BCUT2D eigenvalue weighted by atomic mass is 16.5. The molecule has 1 heterocycles. The number of methoxy groups -OCH3 is 2. The van der Waals surface area contributed by atoms with Crippen molar-refractivity contribution in [1.82, 2.24) is 15.5 Å². The fraction of sp³-hybridized carbons (Fsp3) is 0.375. The molecule has 21 heavy (non-hydrogen) atoms. The van der Waals surface area contributed by atoms with Crippen LogP contribution in [0.2, 0.25) is 0 Å². The summed E-state index contributed by atoms with van der Waals surface area (Å²) in [5.74, 6) is 1.55. The van der Waals surface area contributed by atoms with E-state index >= 15 is 0 Å². The third-order valence-electron chi connectivity index (χ3n) is 3.49. The number of aryl methyl sites for hydroxylation is 2. The highest BCUT2D eigenvalue weighted by Crippen LogP contribution is 2.33. The topological polar surface area (TPSA) is 56.3 Å². The van der Waals surface area contributed by atoms with Crippen LogP contribution in [0.4, 0.5) is 0 Å². The van der Waals surface area contributed by atoms with Gasteiger partial charge in [0.2, 0.25) is 0 Å². The molecule has 2 rings (SSSR count). The Balaban J connectivity index is 2.53. The van der Waals surface area contributed by atoms with Crippen LogP contribution in [0.1, 0.15) is 28.6 Å². The zero-order valence-electron chi connectivity index (χ0n) is 13.1. The van der Waals surface area contributed by atoms with Gasteiger partial charge in [-0.05, 0) is 44.7 Å². The number of hydrogen-bond acceptors (Lipinski definition) is 5. The Bertz CT molecular complexity index is 629. The average molecular weight is 287 g/mol. The molecule has 0 amide bonds. The van der Waals surface area contributed by atoms with Crippen molar-refractivity contribution in [3.05, 3.63) is 46.8 Å². The summed E-state index contributed by atoms with van der Waals surface area (Å²) in [7, 11) is 5.22. The van der Waals surface area contributed by atoms with Crippen molar-refractivity contribution in [1.29, 1.82) is 0 Å².